The average molecular weight is 186 g/mol. The van der Waals surface area contributed by atoms with Crippen molar-refractivity contribution >= 4 is 0 Å². The minimum atomic E-state index is -2.43. The Hall–Kier alpha value is -1.03. The van der Waals surface area contributed by atoms with Gasteiger partial charge < -0.3 is 5.32 Å². The zero-order valence-electron chi connectivity index (χ0n) is 7.43. The lowest BCUT2D eigenvalue weighted by molar-refractivity contribution is 0.151. The second kappa shape index (κ2) is 4.87. The van der Waals surface area contributed by atoms with Gasteiger partial charge in [-0.05, 0) is 31.6 Å². The molecule has 0 radical (unpaired) electrons. The molecule has 1 aromatic heterocycles. The standard InChI is InChI=1S/C9H12F2N2/c1-12-3-2-7-4-8(9(10)11)6-13-5-7/h4-6,9,12H,2-3H2,1H3. The van der Waals surface area contributed by atoms with E-state index in [0.29, 0.717) is 0 Å². The molecule has 0 saturated carbocycles. The maximum absolute atomic E-state index is 12.2. The second-order valence-electron chi connectivity index (χ2n) is 2.78. The van der Waals surface area contributed by atoms with E-state index in [4.69, 9.17) is 0 Å². The minimum absolute atomic E-state index is 0.00592. The van der Waals surface area contributed by atoms with Gasteiger partial charge in [0.2, 0.25) is 0 Å². The third kappa shape index (κ3) is 3.06. The van der Waals surface area contributed by atoms with Crippen molar-refractivity contribution in [2.24, 2.45) is 0 Å². The Morgan fingerprint density at radius 2 is 2.23 bits per heavy atom. The van der Waals surface area contributed by atoms with E-state index in [1.807, 2.05) is 7.05 Å². The van der Waals surface area contributed by atoms with Crippen LogP contribution in [0.4, 0.5) is 8.78 Å². The fraction of sp³-hybridized carbons (Fsp3) is 0.444. The van der Waals surface area contributed by atoms with Crippen molar-refractivity contribution in [2.45, 2.75) is 12.8 Å². The van der Waals surface area contributed by atoms with Gasteiger partial charge in [-0.25, -0.2) is 8.78 Å². The van der Waals surface area contributed by atoms with Crippen LogP contribution in [0.3, 0.4) is 0 Å². The van der Waals surface area contributed by atoms with Crippen molar-refractivity contribution < 1.29 is 8.78 Å². The van der Waals surface area contributed by atoms with Gasteiger partial charge in [-0.2, -0.15) is 0 Å². The van der Waals surface area contributed by atoms with Crippen LogP contribution in [0.5, 0.6) is 0 Å². The van der Waals surface area contributed by atoms with Gasteiger partial charge in [0.1, 0.15) is 0 Å². The van der Waals surface area contributed by atoms with Crippen LogP contribution in [0.25, 0.3) is 0 Å². The van der Waals surface area contributed by atoms with Gasteiger partial charge in [-0.3, -0.25) is 4.98 Å². The molecule has 0 spiro atoms. The van der Waals surface area contributed by atoms with E-state index in [1.54, 1.807) is 6.20 Å². The third-order valence-corrected chi connectivity index (χ3v) is 1.73. The van der Waals surface area contributed by atoms with Gasteiger partial charge >= 0.3 is 0 Å². The van der Waals surface area contributed by atoms with Gasteiger partial charge in [0.15, 0.2) is 0 Å². The largest absolute Gasteiger partial charge is 0.319 e. The number of nitrogens with one attached hydrogen (secondary N) is 1. The van der Waals surface area contributed by atoms with Crippen LogP contribution in [0.15, 0.2) is 18.5 Å². The molecule has 0 amide bonds. The molecule has 0 aliphatic heterocycles. The highest BCUT2D eigenvalue weighted by molar-refractivity contribution is 5.19. The quantitative estimate of drug-likeness (QED) is 0.775. The van der Waals surface area contributed by atoms with E-state index in [1.165, 1.54) is 12.3 Å². The van der Waals surface area contributed by atoms with E-state index in [0.717, 1.165) is 18.5 Å². The highest BCUT2D eigenvalue weighted by atomic mass is 19.3. The predicted octanol–water partition coefficient (Wildman–Crippen LogP) is 1.78. The van der Waals surface area contributed by atoms with Crippen LogP contribution in [0, 0.1) is 0 Å². The molecule has 0 aromatic carbocycles. The first-order chi connectivity index (χ1) is 6.24. The maximum atomic E-state index is 12.2. The fourth-order valence-corrected chi connectivity index (χ4v) is 1.03. The number of nitrogens with zero attached hydrogens (tertiary/aromatic N) is 1. The summed E-state index contributed by atoms with van der Waals surface area (Å²) in [5.41, 5.74) is 0.834. The molecule has 0 saturated heterocycles. The first-order valence-corrected chi connectivity index (χ1v) is 4.10. The molecular weight excluding hydrogens is 174 g/mol. The lowest BCUT2D eigenvalue weighted by Crippen LogP contribution is -2.10. The normalized spacial score (nSPS) is 10.8. The molecule has 0 unspecified atom stereocenters. The summed E-state index contributed by atoms with van der Waals surface area (Å²) in [5.74, 6) is 0. The first-order valence-electron chi connectivity index (χ1n) is 4.10. The second-order valence-corrected chi connectivity index (χ2v) is 2.78. The highest BCUT2D eigenvalue weighted by Gasteiger charge is 2.07. The smallest absolute Gasteiger partial charge is 0.265 e. The Labute approximate surface area is 76.0 Å². The Bertz CT molecular complexity index is 264. The zero-order chi connectivity index (χ0) is 9.68. The maximum Gasteiger partial charge on any atom is 0.265 e. The number of alkyl halides is 2. The van der Waals surface area contributed by atoms with Crippen molar-refractivity contribution in [3.05, 3.63) is 29.6 Å². The topological polar surface area (TPSA) is 24.9 Å². The number of hydrogen-bond acceptors (Lipinski definition) is 2. The third-order valence-electron chi connectivity index (χ3n) is 1.73. The van der Waals surface area contributed by atoms with Gasteiger partial charge in [-0.15, -0.1) is 0 Å². The van der Waals surface area contributed by atoms with Crippen LogP contribution >= 0.6 is 0 Å². The van der Waals surface area contributed by atoms with Crippen molar-refractivity contribution in [1.82, 2.24) is 10.3 Å². The van der Waals surface area contributed by atoms with Crippen LogP contribution in [0.2, 0.25) is 0 Å². The molecule has 1 rings (SSSR count). The van der Waals surface area contributed by atoms with Crippen molar-refractivity contribution in [2.75, 3.05) is 13.6 Å². The summed E-state index contributed by atoms with van der Waals surface area (Å²) in [6, 6.07) is 1.50. The fourth-order valence-electron chi connectivity index (χ4n) is 1.03. The molecule has 0 atom stereocenters. The van der Waals surface area contributed by atoms with Gasteiger partial charge in [0, 0.05) is 18.0 Å². The summed E-state index contributed by atoms with van der Waals surface area (Å²) in [6.45, 7) is 0.772. The molecule has 72 valence electrons. The number of hydrogen-bond donors (Lipinski definition) is 1. The lowest BCUT2D eigenvalue weighted by atomic mass is 10.1. The van der Waals surface area contributed by atoms with Gasteiger partial charge in [0.25, 0.3) is 6.43 Å². The molecular formula is C9H12F2N2. The Morgan fingerprint density at radius 1 is 1.46 bits per heavy atom. The van der Waals surface area contributed by atoms with E-state index >= 15 is 0 Å². The molecule has 4 heteroatoms. The number of aromatic nitrogens is 1. The Morgan fingerprint density at radius 3 is 2.85 bits per heavy atom. The Balaban J connectivity index is 2.68. The molecule has 1 aromatic rings. The molecule has 1 N–H and O–H groups in total. The Kier molecular flexibility index (Phi) is 3.76. The predicted molar refractivity (Wildman–Crippen MR) is 46.8 cm³/mol. The van der Waals surface area contributed by atoms with Crippen molar-refractivity contribution in [3.63, 3.8) is 0 Å². The van der Waals surface area contributed by atoms with E-state index < -0.39 is 6.43 Å². The van der Waals surface area contributed by atoms with Crippen LogP contribution < -0.4 is 5.32 Å². The summed E-state index contributed by atoms with van der Waals surface area (Å²) >= 11 is 0. The van der Waals surface area contributed by atoms with E-state index in [9.17, 15) is 8.78 Å². The van der Waals surface area contributed by atoms with Crippen LogP contribution in [0.1, 0.15) is 17.6 Å². The van der Waals surface area contributed by atoms with Crippen molar-refractivity contribution in [1.29, 1.82) is 0 Å². The summed E-state index contributed by atoms with van der Waals surface area (Å²) in [7, 11) is 1.82. The lowest BCUT2D eigenvalue weighted by Gasteiger charge is -2.03. The van der Waals surface area contributed by atoms with Gasteiger partial charge in [-0.1, -0.05) is 0 Å². The van der Waals surface area contributed by atoms with E-state index in [2.05, 4.69) is 10.3 Å². The summed E-state index contributed by atoms with van der Waals surface area (Å²) < 4.78 is 24.4. The molecule has 0 bridgehead atoms. The van der Waals surface area contributed by atoms with Crippen LogP contribution in [-0.2, 0) is 6.42 Å². The zero-order valence-corrected chi connectivity index (χ0v) is 7.43. The number of pyridine rings is 1. The molecule has 0 aliphatic rings. The van der Waals surface area contributed by atoms with Crippen molar-refractivity contribution in [3.8, 4) is 0 Å². The van der Waals surface area contributed by atoms with E-state index in [-0.39, 0.29) is 5.56 Å². The molecule has 2 nitrogen and oxygen atoms in total. The summed E-state index contributed by atoms with van der Waals surface area (Å²) in [4.78, 5) is 3.75. The van der Waals surface area contributed by atoms with Crippen LogP contribution in [-0.4, -0.2) is 18.6 Å². The molecule has 1 heterocycles. The summed E-state index contributed by atoms with van der Waals surface area (Å²) in [5, 5.41) is 2.95. The average Bonchev–Trinajstić information content (AvgIpc) is 2.15. The SMILES string of the molecule is CNCCc1cncc(C(F)F)c1. The molecule has 0 aliphatic carbocycles. The summed E-state index contributed by atoms with van der Waals surface area (Å²) in [6.07, 6.45) is 1.11. The van der Waals surface area contributed by atoms with Gasteiger partial charge in [0.05, 0.1) is 0 Å². The monoisotopic (exact) mass is 186 g/mol. The molecule has 0 fully saturated rings. The number of rotatable bonds is 4. The highest BCUT2D eigenvalue weighted by Crippen LogP contribution is 2.18. The minimum Gasteiger partial charge on any atom is -0.319 e. The number of likely N-dealkylation sites (N-methyl/N-ethyl adjacent to an activating group) is 1. The molecule has 13 heavy (non-hydrogen) atoms. The number of halogens is 2. The first kappa shape index (κ1) is 10.1.